The van der Waals surface area contributed by atoms with E-state index in [0.717, 1.165) is 6.42 Å². The number of esters is 1. The highest BCUT2D eigenvalue weighted by Gasteiger charge is 2.22. The number of carboxylic acid groups (broad SMARTS) is 1. The van der Waals surface area contributed by atoms with E-state index in [4.69, 9.17) is 9.84 Å². The van der Waals surface area contributed by atoms with Crippen molar-refractivity contribution in [3.63, 3.8) is 0 Å². The van der Waals surface area contributed by atoms with Crippen molar-refractivity contribution in [1.82, 2.24) is 5.32 Å². The molecule has 0 radical (unpaired) electrons. The molecule has 0 aliphatic carbocycles. The fourth-order valence-corrected chi connectivity index (χ4v) is 1.25. The molecule has 0 aliphatic rings. The molecule has 0 aromatic carbocycles. The Morgan fingerprint density at radius 1 is 1.50 bits per heavy atom. The summed E-state index contributed by atoms with van der Waals surface area (Å²) in [5.41, 5.74) is 0.303. The van der Waals surface area contributed by atoms with E-state index >= 15 is 0 Å². The molecule has 5 nitrogen and oxygen atoms in total. The van der Waals surface area contributed by atoms with Crippen LogP contribution in [0, 0.1) is 0 Å². The summed E-state index contributed by atoms with van der Waals surface area (Å²) in [5, 5.41) is 11.0. The van der Waals surface area contributed by atoms with Gasteiger partial charge in [-0.25, -0.2) is 9.59 Å². The Balaban J connectivity index is 4.36. The minimum atomic E-state index is -1.11. The Morgan fingerprint density at radius 3 is 2.44 bits per heavy atom. The zero-order valence-electron chi connectivity index (χ0n) is 9.95. The average Bonchev–Trinajstić information content (AvgIpc) is 2.16. The molecule has 0 aliphatic heterocycles. The molecule has 2 N–H and O–H groups in total. The second-order valence-electron chi connectivity index (χ2n) is 3.74. The SMILES string of the molecule is C=C(C)C(=O)OC(C)C(CCC)NC(=O)O. The van der Waals surface area contributed by atoms with E-state index < -0.39 is 18.2 Å². The van der Waals surface area contributed by atoms with Crippen LogP contribution in [0.3, 0.4) is 0 Å². The maximum absolute atomic E-state index is 11.3. The molecule has 0 fully saturated rings. The van der Waals surface area contributed by atoms with E-state index in [1.165, 1.54) is 0 Å². The first kappa shape index (κ1) is 14.5. The molecule has 0 saturated heterocycles. The van der Waals surface area contributed by atoms with Crippen LogP contribution in [0.4, 0.5) is 4.79 Å². The first-order valence-electron chi connectivity index (χ1n) is 5.24. The van der Waals surface area contributed by atoms with Crippen LogP contribution in [-0.2, 0) is 9.53 Å². The van der Waals surface area contributed by atoms with Gasteiger partial charge in [0.1, 0.15) is 6.10 Å². The molecule has 0 aromatic rings. The highest BCUT2D eigenvalue weighted by molar-refractivity contribution is 5.87. The van der Waals surface area contributed by atoms with Crippen LogP contribution in [-0.4, -0.2) is 29.3 Å². The third kappa shape index (κ3) is 5.38. The van der Waals surface area contributed by atoms with Gasteiger partial charge in [-0.3, -0.25) is 0 Å². The number of ether oxygens (including phenoxy) is 1. The monoisotopic (exact) mass is 229 g/mol. The van der Waals surface area contributed by atoms with Crippen molar-refractivity contribution in [3.8, 4) is 0 Å². The number of hydrogen-bond acceptors (Lipinski definition) is 3. The molecule has 5 heteroatoms. The van der Waals surface area contributed by atoms with Crippen molar-refractivity contribution < 1.29 is 19.4 Å². The van der Waals surface area contributed by atoms with Gasteiger partial charge in [-0.05, 0) is 20.3 Å². The van der Waals surface area contributed by atoms with Gasteiger partial charge in [-0.2, -0.15) is 0 Å². The second kappa shape index (κ2) is 6.87. The van der Waals surface area contributed by atoms with Gasteiger partial charge in [0.25, 0.3) is 0 Å². The minimum Gasteiger partial charge on any atom is -0.465 e. The van der Waals surface area contributed by atoms with Crippen LogP contribution in [0.2, 0.25) is 0 Å². The predicted molar refractivity (Wildman–Crippen MR) is 60.2 cm³/mol. The summed E-state index contributed by atoms with van der Waals surface area (Å²) >= 11 is 0. The van der Waals surface area contributed by atoms with Crippen LogP contribution >= 0.6 is 0 Å². The van der Waals surface area contributed by atoms with E-state index in [-0.39, 0.29) is 6.04 Å². The number of rotatable bonds is 6. The molecular weight excluding hydrogens is 210 g/mol. The van der Waals surface area contributed by atoms with Gasteiger partial charge >= 0.3 is 12.1 Å². The Kier molecular flexibility index (Phi) is 6.22. The second-order valence-corrected chi connectivity index (χ2v) is 3.74. The average molecular weight is 229 g/mol. The lowest BCUT2D eigenvalue weighted by atomic mass is 10.1. The van der Waals surface area contributed by atoms with Crippen molar-refractivity contribution in [1.29, 1.82) is 0 Å². The third-order valence-corrected chi connectivity index (χ3v) is 2.12. The van der Waals surface area contributed by atoms with Crippen molar-refractivity contribution in [2.45, 2.75) is 45.8 Å². The lowest BCUT2D eigenvalue weighted by molar-refractivity contribution is -0.144. The molecule has 0 rings (SSSR count). The molecule has 0 spiro atoms. The van der Waals surface area contributed by atoms with E-state index in [1.807, 2.05) is 6.92 Å². The predicted octanol–water partition coefficient (Wildman–Crippen LogP) is 1.93. The Morgan fingerprint density at radius 2 is 2.06 bits per heavy atom. The summed E-state index contributed by atoms with van der Waals surface area (Å²) in [4.78, 5) is 21.8. The van der Waals surface area contributed by atoms with E-state index in [9.17, 15) is 9.59 Å². The van der Waals surface area contributed by atoms with Gasteiger partial charge in [0, 0.05) is 5.57 Å². The summed E-state index contributed by atoms with van der Waals surface area (Å²) < 4.78 is 5.06. The summed E-state index contributed by atoms with van der Waals surface area (Å²) in [6, 6.07) is -0.384. The highest BCUT2D eigenvalue weighted by Crippen LogP contribution is 2.08. The smallest absolute Gasteiger partial charge is 0.405 e. The van der Waals surface area contributed by atoms with Crippen molar-refractivity contribution >= 4 is 12.1 Å². The molecule has 0 bridgehead atoms. The van der Waals surface area contributed by atoms with E-state index in [0.29, 0.717) is 12.0 Å². The van der Waals surface area contributed by atoms with Gasteiger partial charge in [0.2, 0.25) is 0 Å². The summed E-state index contributed by atoms with van der Waals surface area (Å²) in [7, 11) is 0. The van der Waals surface area contributed by atoms with Crippen LogP contribution < -0.4 is 5.32 Å². The van der Waals surface area contributed by atoms with Crippen molar-refractivity contribution in [2.24, 2.45) is 0 Å². The molecule has 2 atom stereocenters. The van der Waals surface area contributed by atoms with Crippen LogP contribution in [0.15, 0.2) is 12.2 Å². The zero-order chi connectivity index (χ0) is 12.7. The number of carbonyl (C=O) groups excluding carboxylic acids is 1. The summed E-state index contributed by atoms with van der Waals surface area (Å²) in [5.74, 6) is -0.499. The molecular formula is C11H19NO4. The van der Waals surface area contributed by atoms with Gasteiger partial charge in [0.05, 0.1) is 6.04 Å². The van der Waals surface area contributed by atoms with Crippen LogP contribution in [0.1, 0.15) is 33.6 Å². The molecule has 0 heterocycles. The minimum absolute atomic E-state index is 0.303. The summed E-state index contributed by atoms with van der Waals surface area (Å²) in [6.07, 6.45) is -0.187. The molecule has 92 valence electrons. The molecule has 1 amide bonds. The van der Waals surface area contributed by atoms with Crippen molar-refractivity contribution in [2.75, 3.05) is 0 Å². The number of amides is 1. The largest absolute Gasteiger partial charge is 0.465 e. The normalized spacial score (nSPS) is 13.7. The maximum Gasteiger partial charge on any atom is 0.405 e. The van der Waals surface area contributed by atoms with Crippen molar-refractivity contribution in [3.05, 3.63) is 12.2 Å². The standard InChI is InChI=1S/C11H19NO4/c1-5-6-9(12-11(14)15)8(4)16-10(13)7(2)3/h8-9,12H,2,5-6H2,1,3-4H3,(H,14,15). The van der Waals surface area contributed by atoms with E-state index in [2.05, 4.69) is 11.9 Å². The Hall–Kier alpha value is -1.52. The fraction of sp³-hybridized carbons (Fsp3) is 0.636. The number of carbonyl (C=O) groups is 2. The molecule has 2 unspecified atom stereocenters. The van der Waals surface area contributed by atoms with Gasteiger partial charge in [-0.15, -0.1) is 0 Å². The Labute approximate surface area is 95.5 Å². The molecule has 0 saturated carbocycles. The third-order valence-electron chi connectivity index (χ3n) is 2.12. The molecule has 16 heavy (non-hydrogen) atoms. The van der Waals surface area contributed by atoms with Crippen LogP contribution in [0.25, 0.3) is 0 Å². The van der Waals surface area contributed by atoms with E-state index in [1.54, 1.807) is 13.8 Å². The highest BCUT2D eigenvalue weighted by atomic mass is 16.5. The quantitative estimate of drug-likeness (QED) is 0.539. The Bertz CT molecular complexity index is 275. The number of hydrogen-bond donors (Lipinski definition) is 2. The van der Waals surface area contributed by atoms with Gasteiger partial charge < -0.3 is 15.2 Å². The number of nitrogens with one attached hydrogen (secondary N) is 1. The van der Waals surface area contributed by atoms with Crippen LogP contribution in [0.5, 0.6) is 0 Å². The van der Waals surface area contributed by atoms with Gasteiger partial charge in [0.15, 0.2) is 0 Å². The lowest BCUT2D eigenvalue weighted by Gasteiger charge is -2.23. The first-order chi connectivity index (χ1) is 7.38. The summed E-state index contributed by atoms with van der Waals surface area (Å²) in [6.45, 7) is 8.61. The fourth-order valence-electron chi connectivity index (χ4n) is 1.25. The lowest BCUT2D eigenvalue weighted by Crippen LogP contribution is -2.43. The first-order valence-corrected chi connectivity index (χ1v) is 5.24. The van der Waals surface area contributed by atoms with Gasteiger partial charge in [-0.1, -0.05) is 19.9 Å². The maximum atomic E-state index is 11.3. The molecule has 0 aromatic heterocycles. The topological polar surface area (TPSA) is 75.6 Å². The zero-order valence-corrected chi connectivity index (χ0v) is 9.95.